The summed E-state index contributed by atoms with van der Waals surface area (Å²) in [5, 5.41) is 9.01. The van der Waals surface area contributed by atoms with E-state index in [1.54, 1.807) is 6.92 Å². The highest BCUT2D eigenvalue weighted by molar-refractivity contribution is 7.89. The van der Waals surface area contributed by atoms with Crippen molar-refractivity contribution in [1.29, 1.82) is 0 Å². The fourth-order valence-electron chi connectivity index (χ4n) is 2.67. The van der Waals surface area contributed by atoms with Crippen LogP contribution in [0.1, 0.15) is 51.1 Å². The average Bonchev–Trinajstić information content (AvgIpc) is 2.74. The van der Waals surface area contributed by atoms with Gasteiger partial charge in [-0.2, -0.15) is 0 Å². The Kier molecular flexibility index (Phi) is 4.27. The Bertz CT molecular complexity index is 564. The summed E-state index contributed by atoms with van der Waals surface area (Å²) < 4.78 is 32.7. The molecule has 1 aromatic heterocycles. The fraction of sp³-hybridized carbons (Fsp3) is 0.714. The first-order valence-electron chi connectivity index (χ1n) is 6.96. The SMILES string of the molecule is Cc1oc(CO)cc1S(=O)(=O)NC1CCC(C)(C)CC1. The van der Waals surface area contributed by atoms with Crippen LogP contribution >= 0.6 is 0 Å². The van der Waals surface area contributed by atoms with Gasteiger partial charge in [-0.25, -0.2) is 13.1 Å². The fourth-order valence-corrected chi connectivity index (χ4v) is 4.18. The molecule has 5 nitrogen and oxygen atoms in total. The Hall–Kier alpha value is -0.850. The van der Waals surface area contributed by atoms with Gasteiger partial charge >= 0.3 is 0 Å². The third-order valence-corrected chi connectivity index (χ3v) is 5.66. The van der Waals surface area contributed by atoms with Crippen LogP contribution in [0, 0.1) is 12.3 Å². The maximum Gasteiger partial charge on any atom is 0.244 e. The van der Waals surface area contributed by atoms with Crippen LogP contribution in [-0.2, 0) is 16.6 Å². The van der Waals surface area contributed by atoms with E-state index in [2.05, 4.69) is 18.6 Å². The average molecular weight is 301 g/mol. The van der Waals surface area contributed by atoms with E-state index in [-0.39, 0.29) is 23.3 Å². The lowest BCUT2D eigenvalue weighted by Crippen LogP contribution is -2.39. The molecule has 0 radical (unpaired) electrons. The summed E-state index contributed by atoms with van der Waals surface area (Å²) in [5.74, 6) is 0.588. The van der Waals surface area contributed by atoms with Crippen molar-refractivity contribution in [1.82, 2.24) is 4.72 Å². The van der Waals surface area contributed by atoms with Gasteiger partial charge in [-0.15, -0.1) is 0 Å². The number of furan rings is 1. The second kappa shape index (κ2) is 5.50. The van der Waals surface area contributed by atoms with Crippen LogP contribution in [0.2, 0.25) is 0 Å². The molecule has 0 atom stereocenters. The molecular weight excluding hydrogens is 278 g/mol. The zero-order valence-electron chi connectivity index (χ0n) is 12.3. The number of aliphatic hydroxyl groups excluding tert-OH is 1. The summed E-state index contributed by atoms with van der Waals surface area (Å²) in [7, 11) is -3.57. The Balaban J connectivity index is 2.10. The van der Waals surface area contributed by atoms with Gasteiger partial charge in [0, 0.05) is 12.1 Å². The summed E-state index contributed by atoms with van der Waals surface area (Å²) >= 11 is 0. The minimum atomic E-state index is -3.57. The molecule has 0 saturated heterocycles. The molecule has 0 bridgehead atoms. The molecule has 1 aliphatic carbocycles. The topological polar surface area (TPSA) is 79.5 Å². The molecule has 1 saturated carbocycles. The van der Waals surface area contributed by atoms with Gasteiger partial charge < -0.3 is 9.52 Å². The van der Waals surface area contributed by atoms with Crippen molar-refractivity contribution in [2.45, 2.75) is 64.0 Å². The predicted octanol–water partition coefficient (Wildman–Crippen LogP) is 2.33. The van der Waals surface area contributed by atoms with Crippen molar-refractivity contribution in [2.75, 3.05) is 0 Å². The standard InChI is InChI=1S/C14H23NO4S/c1-10-13(8-12(9-16)19-10)20(17,18)15-11-4-6-14(2,3)7-5-11/h8,11,15-16H,4-7,9H2,1-3H3. The van der Waals surface area contributed by atoms with E-state index in [0.717, 1.165) is 25.7 Å². The van der Waals surface area contributed by atoms with Crippen LogP contribution in [0.3, 0.4) is 0 Å². The number of aliphatic hydroxyl groups is 1. The van der Waals surface area contributed by atoms with Crippen LogP contribution in [0.5, 0.6) is 0 Å². The summed E-state index contributed by atoms with van der Waals surface area (Å²) in [6.45, 7) is 5.72. The molecule has 2 N–H and O–H groups in total. The smallest absolute Gasteiger partial charge is 0.244 e. The number of nitrogens with one attached hydrogen (secondary N) is 1. The Labute approximate surface area is 120 Å². The summed E-state index contributed by atoms with van der Waals surface area (Å²) in [6.07, 6.45) is 3.75. The van der Waals surface area contributed by atoms with Crippen LogP contribution in [0.4, 0.5) is 0 Å². The van der Waals surface area contributed by atoms with Gasteiger partial charge in [-0.3, -0.25) is 0 Å². The molecule has 0 amide bonds. The van der Waals surface area contributed by atoms with Crippen molar-refractivity contribution in [3.05, 3.63) is 17.6 Å². The van der Waals surface area contributed by atoms with Crippen LogP contribution in [-0.4, -0.2) is 19.6 Å². The molecule has 0 unspecified atom stereocenters. The molecule has 6 heteroatoms. The molecule has 0 aromatic carbocycles. The van der Waals surface area contributed by atoms with E-state index in [0.29, 0.717) is 11.2 Å². The number of hydrogen-bond donors (Lipinski definition) is 2. The molecule has 0 aliphatic heterocycles. The van der Waals surface area contributed by atoms with E-state index in [1.165, 1.54) is 6.07 Å². The van der Waals surface area contributed by atoms with Crippen molar-refractivity contribution in [3.63, 3.8) is 0 Å². The van der Waals surface area contributed by atoms with Crippen LogP contribution in [0.25, 0.3) is 0 Å². The molecule has 114 valence electrons. The molecule has 1 aliphatic rings. The second-order valence-corrected chi connectivity index (χ2v) is 8.03. The van der Waals surface area contributed by atoms with Crippen molar-refractivity contribution >= 4 is 10.0 Å². The molecule has 20 heavy (non-hydrogen) atoms. The second-order valence-electron chi connectivity index (χ2n) is 6.35. The maximum absolute atomic E-state index is 12.4. The van der Waals surface area contributed by atoms with Gasteiger partial charge in [0.1, 0.15) is 23.0 Å². The van der Waals surface area contributed by atoms with Gasteiger partial charge in [0.2, 0.25) is 10.0 Å². The summed E-state index contributed by atoms with van der Waals surface area (Å²) in [5.41, 5.74) is 0.303. The zero-order chi connectivity index (χ0) is 15.0. The third kappa shape index (κ3) is 3.42. The lowest BCUT2D eigenvalue weighted by molar-refractivity contribution is 0.218. The molecule has 1 heterocycles. The first kappa shape index (κ1) is 15.5. The zero-order valence-corrected chi connectivity index (χ0v) is 13.1. The Morgan fingerprint density at radius 3 is 2.50 bits per heavy atom. The number of rotatable bonds is 4. The lowest BCUT2D eigenvalue weighted by Gasteiger charge is -2.34. The predicted molar refractivity (Wildman–Crippen MR) is 75.7 cm³/mol. The highest BCUT2D eigenvalue weighted by Gasteiger charge is 2.30. The Morgan fingerprint density at radius 2 is 2.00 bits per heavy atom. The van der Waals surface area contributed by atoms with Gasteiger partial charge in [-0.1, -0.05) is 13.8 Å². The van der Waals surface area contributed by atoms with Crippen molar-refractivity contribution in [3.8, 4) is 0 Å². The van der Waals surface area contributed by atoms with Gasteiger partial charge in [0.15, 0.2) is 0 Å². The van der Waals surface area contributed by atoms with Gasteiger partial charge in [0.25, 0.3) is 0 Å². The highest BCUT2D eigenvalue weighted by atomic mass is 32.2. The molecule has 2 rings (SSSR count). The first-order chi connectivity index (χ1) is 9.23. The van der Waals surface area contributed by atoms with E-state index in [9.17, 15) is 8.42 Å². The largest absolute Gasteiger partial charge is 0.462 e. The van der Waals surface area contributed by atoms with Crippen LogP contribution in [0.15, 0.2) is 15.4 Å². The number of aryl methyl sites for hydroxylation is 1. The minimum Gasteiger partial charge on any atom is -0.462 e. The maximum atomic E-state index is 12.4. The molecule has 0 spiro atoms. The first-order valence-corrected chi connectivity index (χ1v) is 8.44. The van der Waals surface area contributed by atoms with E-state index in [1.807, 2.05) is 0 Å². The quantitative estimate of drug-likeness (QED) is 0.894. The van der Waals surface area contributed by atoms with E-state index >= 15 is 0 Å². The van der Waals surface area contributed by atoms with Crippen molar-refractivity contribution < 1.29 is 17.9 Å². The molecule has 1 aromatic rings. The Morgan fingerprint density at radius 1 is 1.40 bits per heavy atom. The van der Waals surface area contributed by atoms with Crippen molar-refractivity contribution in [2.24, 2.45) is 5.41 Å². The van der Waals surface area contributed by atoms with E-state index in [4.69, 9.17) is 9.52 Å². The number of hydrogen-bond acceptors (Lipinski definition) is 4. The normalized spacial score (nSPS) is 20.2. The van der Waals surface area contributed by atoms with E-state index < -0.39 is 10.0 Å². The molecule has 1 fully saturated rings. The summed E-state index contributed by atoms with van der Waals surface area (Å²) in [4.78, 5) is 0.131. The van der Waals surface area contributed by atoms with Gasteiger partial charge in [-0.05, 0) is 38.0 Å². The van der Waals surface area contributed by atoms with Gasteiger partial charge in [0.05, 0.1) is 0 Å². The molecular formula is C14H23NO4S. The summed E-state index contributed by atoms with van der Waals surface area (Å²) in [6, 6.07) is 1.38. The number of sulfonamides is 1. The minimum absolute atomic E-state index is 0.0140. The lowest BCUT2D eigenvalue weighted by atomic mass is 9.76. The monoisotopic (exact) mass is 301 g/mol. The third-order valence-electron chi connectivity index (χ3n) is 4.03. The van der Waals surface area contributed by atoms with Crippen LogP contribution < -0.4 is 4.72 Å². The highest BCUT2D eigenvalue weighted by Crippen LogP contribution is 2.35.